The van der Waals surface area contributed by atoms with Crippen LogP contribution in [-0.2, 0) is 0 Å². The minimum atomic E-state index is 0.865. The van der Waals surface area contributed by atoms with Gasteiger partial charge in [-0.25, -0.2) is 4.68 Å². The zero-order valence-electron chi connectivity index (χ0n) is 11.8. The lowest BCUT2D eigenvalue weighted by molar-refractivity contribution is 0.813. The van der Waals surface area contributed by atoms with Crippen LogP contribution in [0, 0.1) is 13.8 Å². The molecule has 3 heterocycles. The lowest BCUT2D eigenvalue weighted by Crippen LogP contribution is -1.99. The number of benzene rings is 1. The molecule has 5 heteroatoms. The van der Waals surface area contributed by atoms with E-state index < -0.39 is 0 Å². The highest BCUT2D eigenvalue weighted by Crippen LogP contribution is 2.27. The normalized spacial score (nSPS) is 11.3. The third-order valence-electron chi connectivity index (χ3n) is 3.49. The van der Waals surface area contributed by atoms with Crippen molar-refractivity contribution < 1.29 is 0 Å². The molecule has 0 aliphatic rings. The summed E-state index contributed by atoms with van der Waals surface area (Å²) in [5.74, 6) is 0.865. The first-order valence-electron chi connectivity index (χ1n) is 6.78. The van der Waals surface area contributed by atoms with Gasteiger partial charge in [0.1, 0.15) is 0 Å². The van der Waals surface area contributed by atoms with E-state index in [1.807, 2.05) is 30.8 Å². The molecule has 0 N–H and O–H groups in total. The first kappa shape index (κ1) is 12.3. The molecule has 4 nitrogen and oxygen atoms in total. The smallest absolute Gasteiger partial charge is 0.196 e. The van der Waals surface area contributed by atoms with Crippen LogP contribution in [0.1, 0.15) is 11.4 Å². The molecule has 0 atom stereocenters. The van der Waals surface area contributed by atoms with E-state index in [2.05, 4.69) is 50.2 Å². The second-order valence-corrected chi connectivity index (χ2v) is 5.91. The van der Waals surface area contributed by atoms with Crippen LogP contribution >= 0.6 is 11.3 Å². The van der Waals surface area contributed by atoms with Gasteiger partial charge in [-0.2, -0.15) is 10.1 Å². The highest BCUT2D eigenvalue weighted by molar-refractivity contribution is 7.15. The molecule has 0 saturated heterocycles. The van der Waals surface area contributed by atoms with E-state index >= 15 is 0 Å². The van der Waals surface area contributed by atoms with Crippen LogP contribution < -0.4 is 0 Å². The van der Waals surface area contributed by atoms with Gasteiger partial charge in [-0.15, -0.1) is 11.3 Å². The number of aryl methyl sites for hydroxylation is 2. The summed E-state index contributed by atoms with van der Waals surface area (Å²) in [6.07, 6.45) is 2.05. The Hall–Kier alpha value is -2.40. The fourth-order valence-electron chi connectivity index (χ4n) is 2.55. The largest absolute Gasteiger partial charge is 0.288 e. The third kappa shape index (κ3) is 1.97. The maximum Gasteiger partial charge on any atom is 0.196 e. The number of aromatic nitrogens is 4. The quantitative estimate of drug-likeness (QED) is 0.562. The molecule has 0 spiro atoms. The Morgan fingerprint density at radius 1 is 1.10 bits per heavy atom. The molecule has 21 heavy (non-hydrogen) atoms. The summed E-state index contributed by atoms with van der Waals surface area (Å²) in [7, 11) is 0. The molecule has 0 amide bonds. The molecule has 1 aromatic carbocycles. The summed E-state index contributed by atoms with van der Waals surface area (Å²) >= 11 is 1.65. The standard InChI is InChI=1S/C16H14N4S/c1-11-8-12(2)20(18-11)15-9-19-14(10-21-16(19)17-15)13-6-4-3-5-7-13/h3-10H,1-2H3. The lowest BCUT2D eigenvalue weighted by Gasteiger charge is -1.99. The molecule has 0 saturated carbocycles. The Labute approximate surface area is 126 Å². The summed E-state index contributed by atoms with van der Waals surface area (Å²) in [6.45, 7) is 4.04. The number of nitrogens with zero attached hydrogens (tertiary/aromatic N) is 4. The minimum absolute atomic E-state index is 0.865. The molecule has 3 aromatic heterocycles. The number of rotatable bonds is 2. The molecule has 0 aliphatic heterocycles. The van der Waals surface area contributed by atoms with Crippen molar-refractivity contribution >= 4 is 16.3 Å². The SMILES string of the molecule is Cc1cc(C)n(-c2cn3c(-c4ccccc4)csc3n2)n1. The summed E-state index contributed by atoms with van der Waals surface area (Å²) in [6, 6.07) is 12.4. The molecule has 0 bridgehead atoms. The molecule has 0 aliphatic carbocycles. The molecule has 4 rings (SSSR count). The zero-order valence-corrected chi connectivity index (χ0v) is 12.6. The first-order valence-corrected chi connectivity index (χ1v) is 7.66. The second-order valence-electron chi connectivity index (χ2n) is 5.08. The van der Waals surface area contributed by atoms with Gasteiger partial charge in [0.15, 0.2) is 10.8 Å². The predicted octanol–water partition coefficient (Wildman–Crippen LogP) is 3.87. The van der Waals surface area contributed by atoms with E-state index in [4.69, 9.17) is 0 Å². The van der Waals surface area contributed by atoms with Gasteiger partial charge in [0, 0.05) is 11.1 Å². The summed E-state index contributed by atoms with van der Waals surface area (Å²) in [5, 5.41) is 6.64. The maximum atomic E-state index is 4.69. The van der Waals surface area contributed by atoms with Crippen molar-refractivity contribution in [3.63, 3.8) is 0 Å². The van der Waals surface area contributed by atoms with Gasteiger partial charge in [0.25, 0.3) is 0 Å². The van der Waals surface area contributed by atoms with Gasteiger partial charge in [-0.3, -0.25) is 4.40 Å². The number of fused-ring (bicyclic) bond motifs is 1. The molecule has 0 unspecified atom stereocenters. The van der Waals surface area contributed by atoms with Gasteiger partial charge in [0.05, 0.1) is 17.6 Å². The molecule has 0 radical (unpaired) electrons. The highest BCUT2D eigenvalue weighted by atomic mass is 32.1. The Morgan fingerprint density at radius 2 is 1.90 bits per heavy atom. The molecule has 4 aromatic rings. The summed E-state index contributed by atoms with van der Waals surface area (Å²) in [4.78, 5) is 5.67. The highest BCUT2D eigenvalue weighted by Gasteiger charge is 2.12. The monoisotopic (exact) mass is 294 g/mol. The van der Waals surface area contributed by atoms with Gasteiger partial charge in [0.2, 0.25) is 0 Å². The number of hydrogen-bond donors (Lipinski definition) is 0. The van der Waals surface area contributed by atoms with Gasteiger partial charge < -0.3 is 0 Å². The average molecular weight is 294 g/mol. The molecule has 0 fully saturated rings. The van der Waals surface area contributed by atoms with Crippen molar-refractivity contribution in [2.24, 2.45) is 0 Å². The Morgan fingerprint density at radius 3 is 2.62 bits per heavy atom. The average Bonchev–Trinajstić information content (AvgIpc) is 3.13. The molecule has 104 valence electrons. The van der Waals surface area contributed by atoms with Crippen molar-refractivity contribution in [2.75, 3.05) is 0 Å². The van der Waals surface area contributed by atoms with Crippen molar-refractivity contribution in [3.8, 4) is 17.1 Å². The van der Waals surface area contributed by atoms with E-state index in [1.165, 1.54) is 5.56 Å². The van der Waals surface area contributed by atoms with E-state index in [9.17, 15) is 0 Å². The van der Waals surface area contributed by atoms with Crippen molar-refractivity contribution in [1.82, 2.24) is 19.2 Å². The van der Waals surface area contributed by atoms with Crippen LogP contribution in [0.25, 0.3) is 22.0 Å². The number of hydrogen-bond acceptors (Lipinski definition) is 3. The Bertz CT molecular complexity index is 914. The number of thiazole rings is 1. The van der Waals surface area contributed by atoms with E-state index in [1.54, 1.807) is 11.3 Å². The summed E-state index contributed by atoms with van der Waals surface area (Å²) < 4.78 is 4.02. The van der Waals surface area contributed by atoms with E-state index in [0.29, 0.717) is 0 Å². The third-order valence-corrected chi connectivity index (χ3v) is 4.33. The van der Waals surface area contributed by atoms with Crippen molar-refractivity contribution in [3.05, 3.63) is 59.4 Å². The minimum Gasteiger partial charge on any atom is -0.288 e. The molecular weight excluding hydrogens is 280 g/mol. The Balaban J connectivity index is 1.88. The summed E-state index contributed by atoms with van der Waals surface area (Å²) in [5.41, 5.74) is 4.46. The van der Waals surface area contributed by atoms with Gasteiger partial charge in [-0.1, -0.05) is 30.3 Å². The first-order chi connectivity index (χ1) is 10.2. The Kier molecular flexibility index (Phi) is 2.68. The van der Waals surface area contributed by atoms with Crippen LogP contribution in [0.3, 0.4) is 0 Å². The van der Waals surface area contributed by atoms with E-state index in [0.717, 1.165) is 27.9 Å². The second kappa shape index (κ2) is 4.56. The van der Waals surface area contributed by atoms with Crippen molar-refractivity contribution in [1.29, 1.82) is 0 Å². The van der Waals surface area contributed by atoms with Crippen LogP contribution in [-0.4, -0.2) is 19.2 Å². The van der Waals surface area contributed by atoms with Crippen LogP contribution in [0.4, 0.5) is 0 Å². The number of imidazole rings is 1. The van der Waals surface area contributed by atoms with E-state index in [-0.39, 0.29) is 0 Å². The fraction of sp³-hybridized carbons (Fsp3) is 0.125. The van der Waals surface area contributed by atoms with Gasteiger partial charge >= 0.3 is 0 Å². The fourth-order valence-corrected chi connectivity index (χ4v) is 3.43. The van der Waals surface area contributed by atoms with Gasteiger partial charge in [-0.05, 0) is 25.5 Å². The topological polar surface area (TPSA) is 35.1 Å². The van der Waals surface area contributed by atoms with Crippen LogP contribution in [0.15, 0.2) is 48.0 Å². The maximum absolute atomic E-state index is 4.69. The lowest BCUT2D eigenvalue weighted by atomic mass is 10.2. The van der Waals surface area contributed by atoms with Crippen LogP contribution in [0.5, 0.6) is 0 Å². The predicted molar refractivity (Wildman–Crippen MR) is 85.1 cm³/mol. The molecular formula is C16H14N4S. The zero-order chi connectivity index (χ0) is 14.4. The van der Waals surface area contributed by atoms with Crippen LogP contribution in [0.2, 0.25) is 0 Å². The van der Waals surface area contributed by atoms with Crippen molar-refractivity contribution in [2.45, 2.75) is 13.8 Å².